The number of rotatable bonds is 3. The first-order chi connectivity index (χ1) is 8.00. The molecule has 0 amide bonds. The molecule has 0 bridgehead atoms. The predicted octanol–water partition coefficient (Wildman–Crippen LogP) is 3.49. The van der Waals surface area contributed by atoms with Crippen LogP contribution in [0.4, 0.5) is 19.0 Å². The summed E-state index contributed by atoms with van der Waals surface area (Å²) < 4.78 is 38.8. The van der Waals surface area contributed by atoms with Crippen molar-refractivity contribution in [2.45, 2.75) is 32.6 Å². The first-order valence-electron chi connectivity index (χ1n) is 5.76. The van der Waals surface area contributed by atoms with Crippen molar-refractivity contribution in [3.63, 3.8) is 0 Å². The van der Waals surface area contributed by atoms with Crippen molar-refractivity contribution in [2.24, 2.45) is 5.41 Å². The Labute approximate surface area is 98.2 Å². The van der Waals surface area contributed by atoms with E-state index in [-0.39, 0.29) is 11.2 Å². The van der Waals surface area contributed by atoms with Crippen molar-refractivity contribution in [1.29, 1.82) is 0 Å². The summed E-state index contributed by atoms with van der Waals surface area (Å²) in [4.78, 5) is 3.24. The minimum Gasteiger partial charge on any atom is -0.367 e. The maximum atomic E-state index is 13.3. The summed E-state index contributed by atoms with van der Waals surface area (Å²) in [5.74, 6) is -3.60. The zero-order valence-corrected chi connectivity index (χ0v) is 9.69. The Morgan fingerprint density at radius 2 is 1.88 bits per heavy atom. The smallest absolute Gasteiger partial charge is 0.251 e. The second-order valence-corrected chi connectivity index (χ2v) is 4.96. The average molecular weight is 244 g/mol. The third-order valence-corrected chi connectivity index (χ3v) is 3.38. The Morgan fingerprint density at radius 3 is 2.53 bits per heavy atom. The molecular formula is C12H15F3N2. The lowest BCUT2D eigenvalue weighted by Crippen LogP contribution is -2.24. The van der Waals surface area contributed by atoms with Crippen LogP contribution in [0.1, 0.15) is 32.6 Å². The minimum atomic E-state index is -1.27. The summed E-state index contributed by atoms with van der Waals surface area (Å²) in [5.41, 5.74) is 0.0962. The summed E-state index contributed by atoms with van der Waals surface area (Å²) in [7, 11) is 0. The van der Waals surface area contributed by atoms with E-state index in [1.807, 2.05) is 0 Å². The molecule has 1 saturated carbocycles. The molecule has 0 unspecified atom stereocenters. The van der Waals surface area contributed by atoms with Crippen LogP contribution >= 0.6 is 0 Å². The highest BCUT2D eigenvalue weighted by atomic mass is 19.2. The van der Waals surface area contributed by atoms with Gasteiger partial charge in [-0.25, -0.2) is 8.78 Å². The molecule has 1 N–H and O–H groups in total. The number of pyridine rings is 1. The van der Waals surface area contributed by atoms with E-state index in [1.54, 1.807) is 0 Å². The predicted molar refractivity (Wildman–Crippen MR) is 59.2 cm³/mol. The molecule has 2 nitrogen and oxygen atoms in total. The van der Waals surface area contributed by atoms with E-state index in [0.717, 1.165) is 25.7 Å². The normalized spacial score (nSPS) is 18.4. The number of nitrogens with zero attached hydrogens (tertiary/aromatic N) is 1. The van der Waals surface area contributed by atoms with Gasteiger partial charge in [-0.05, 0) is 18.3 Å². The van der Waals surface area contributed by atoms with E-state index in [9.17, 15) is 13.2 Å². The number of halogens is 3. The van der Waals surface area contributed by atoms with Gasteiger partial charge < -0.3 is 5.32 Å². The Hall–Kier alpha value is -1.26. The maximum Gasteiger partial charge on any atom is 0.251 e. The Balaban J connectivity index is 2.06. The summed E-state index contributed by atoms with van der Waals surface area (Å²) in [6, 6.07) is 0.516. The number of hydrogen-bond donors (Lipinski definition) is 1. The highest BCUT2D eigenvalue weighted by Gasteiger charge is 2.28. The Bertz CT molecular complexity index is 414. The number of hydrogen-bond acceptors (Lipinski definition) is 2. The third-order valence-electron chi connectivity index (χ3n) is 3.38. The molecule has 0 aliphatic heterocycles. The van der Waals surface area contributed by atoms with Gasteiger partial charge in [0.15, 0.2) is 17.5 Å². The number of anilines is 1. The molecule has 1 aromatic rings. The monoisotopic (exact) mass is 244 g/mol. The molecule has 0 radical (unpaired) electrons. The summed E-state index contributed by atoms with van der Waals surface area (Å²) in [6.07, 6.45) is 4.44. The van der Waals surface area contributed by atoms with Crippen molar-refractivity contribution in [3.8, 4) is 0 Å². The summed E-state index contributed by atoms with van der Waals surface area (Å²) >= 11 is 0. The molecule has 1 aromatic heterocycles. The fourth-order valence-corrected chi connectivity index (χ4v) is 2.27. The molecule has 0 aromatic carbocycles. The van der Waals surface area contributed by atoms with Crippen LogP contribution in [-0.2, 0) is 0 Å². The Morgan fingerprint density at radius 1 is 1.24 bits per heavy atom. The molecule has 0 spiro atoms. The van der Waals surface area contributed by atoms with E-state index < -0.39 is 17.6 Å². The molecule has 1 fully saturated rings. The molecule has 17 heavy (non-hydrogen) atoms. The van der Waals surface area contributed by atoms with Gasteiger partial charge in [0, 0.05) is 12.6 Å². The van der Waals surface area contributed by atoms with E-state index in [1.165, 1.54) is 0 Å². The van der Waals surface area contributed by atoms with Crippen molar-refractivity contribution in [2.75, 3.05) is 11.9 Å². The van der Waals surface area contributed by atoms with Crippen LogP contribution in [-0.4, -0.2) is 11.5 Å². The number of aromatic nitrogens is 1. The van der Waals surface area contributed by atoms with Crippen LogP contribution in [0, 0.1) is 23.0 Å². The van der Waals surface area contributed by atoms with E-state index in [2.05, 4.69) is 17.2 Å². The van der Waals surface area contributed by atoms with Crippen LogP contribution in [0.3, 0.4) is 0 Å². The molecular weight excluding hydrogens is 229 g/mol. The third kappa shape index (κ3) is 2.70. The van der Waals surface area contributed by atoms with Gasteiger partial charge in [0.1, 0.15) is 0 Å². The quantitative estimate of drug-likeness (QED) is 0.823. The summed E-state index contributed by atoms with van der Waals surface area (Å²) in [6.45, 7) is 2.63. The molecule has 1 aliphatic rings. The SMILES string of the molecule is CC1(CNc2nc(F)c(F)cc2F)CCCC1. The van der Waals surface area contributed by atoms with Gasteiger partial charge in [0.25, 0.3) is 5.95 Å². The Kier molecular flexibility index (Phi) is 3.26. The van der Waals surface area contributed by atoms with Crippen molar-refractivity contribution in [3.05, 3.63) is 23.6 Å². The second kappa shape index (κ2) is 4.55. The standard InChI is InChI=1S/C12H15F3N2/c1-12(4-2-3-5-12)7-16-11-9(14)6-8(13)10(15)17-11/h6H,2-5,7H2,1H3,(H,16,17). The second-order valence-electron chi connectivity index (χ2n) is 4.96. The molecule has 0 saturated heterocycles. The first-order valence-corrected chi connectivity index (χ1v) is 5.76. The van der Waals surface area contributed by atoms with Gasteiger partial charge in [-0.15, -0.1) is 0 Å². The van der Waals surface area contributed by atoms with Gasteiger partial charge >= 0.3 is 0 Å². The van der Waals surface area contributed by atoms with Crippen LogP contribution < -0.4 is 5.32 Å². The zero-order valence-electron chi connectivity index (χ0n) is 9.69. The lowest BCUT2D eigenvalue weighted by molar-refractivity contribution is 0.360. The van der Waals surface area contributed by atoms with E-state index in [0.29, 0.717) is 12.6 Å². The maximum absolute atomic E-state index is 13.3. The molecule has 1 aliphatic carbocycles. The lowest BCUT2D eigenvalue weighted by atomic mass is 9.89. The highest BCUT2D eigenvalue weighted by Crippen LogP contribution is 2.37. The van der Waals surface area contributed by atoms with Crippen LogP contribution in [0.2, 0.25) is 0 Å². The highest BCUT2D eigenvalue weighted by molar-refractivity contribution is 5.36. The van der Waals surface area contributed by atoms with Gasteiger partial charge in [0.2, 0.25) is 0 Å². The first kappa shape index (κ1) is 12.2. The van der Waals surface area contributed by atoms with Gasteiger partial charge in [0.05, 0.1) is 0 Å². The van der Waals surface area contributed by atoms with Gasteiger partial charge in [-0.2, -0.15) is 9.37 Å². The molecule has 5 heteroatoms. The van der Waals surface area contributed by atoms with E-state index in [4.69, 9.17) is 0 Å². The van der Waals surface area contributed by atoms with Gasteiger partial charge in [-0.1, -0.05) is 19.8 Å². The summed E-state index contributed by atoms with van der Waals surface area (Å²) in [5, 5.41) is 2.77. The lowest BCUT2D eigenvalue weighted by Gasteiger charge is -2.24. The molecule has 1 heterocycles. The van der Waals surface area contributed by atoms with Crippen LogP contribution in [0.15, 0.2) is 6.07 Å². The topological polar surface area (TPSA) is 24.9 Å². The molecule has 2 rings (SSSR count). The largest absolute Gasteiger partial charge is 0.367 e. The number of nitrogens with one attached hydrogen (secondary N) is 1. The average Bonchev–Trinajstić information content (AvgIpc) is 2.69. The molecule has 0 atom stereocenters. The van der Waals surface area contributed by atoms with Gasteiger partial charge in [-0.3, -0.25) is 0 Å². The van der Waals surface area contributed by atoms with Crippen LogP contribution in [0.25, 0.3) is 0 Å². The zero-order chi connectivity index (χ0) is 12.5. The fraction of sp³-hybridized carbons (Fsp3) is 0.583. The van der Waals surface area contributed by atoms with Crippen LogP contribution in [0.5, 0.6) is 0 Å². The molecule has 94 valence electrons. The van der Waals surface area contributed by atoms with Crippen molar-refractivity contribution < 1.29 is 13.2 Å². The minimum absolute atomic E-state index is 0.0962. The van der Waals surface area contributed by atoms with E-state index >= 15 is 0 Å². The van der Waals surface area contributed by atoms with Crippen molar-refractivity contribution in [1.82, 2.24) is 4.98 Å². The fourth-order valence-electron chi connectivity index (χ4n) is 2.27. The van der Waals surface area contributed by atoms with Crippen molar-refractivity contribution >= 4 is 5.82 Å².